The maximum Gasteiger partial charge on any atom is 0.360 e. The molecule has 1 atom stereocenters. The van der Waals surface area contributed by atoms with Crippen molar-refractivity contribution in [2.24, 2.45) is 5.92 Å². The van der Waals surface area contributed by atoms with Crippen molar-refractivity contribution in [2.45, 2.75) is 44.9 Å². The molecule has 1 unspecified atom stereocenters. The molecule has 0 N–H and O–H groups in total. The lowest BCUT2D eigenvalue weighted by molar-refractivity contribution is -0.384. The van der Waals surface area contributed by atoms with Crippen molar-refractivity contribution in [1.29, 1.82) is 0 Å². The van der Waals surface area contributed by atoms with Crippen LogP contribution >= 0.6 is 7.60 Å². The molecule has 1 aromatic rings. The topological polar surface area (TPSA) is 122 Å². The number of nitro groups is 1. The van der Waals surface area contributed by atoms with Crippen molar-refractivity contribution >= 4 is 23.4 Å². The molecular formula is C15H24NO8PS. The Morgan fingerprint density at radius 3 is 2.00 bits per heavy atom. The summed E-state index contributed by atoms with van der Waals surface area (Å²) in [6.45, 7) is 6.99. The van der Waals surface area contributed by atoms with E-state index in [2.05, 4.69) is 0 Å². The first-order chi connectivity index (χ1) is 12.1. The van der Waals surface area contributed by atoms with E-state index in [-0.39, 0.29) is 36.1 Å². The third-order valence-corrected chi connectivity index (χ3v) is 6.95. The number of benzene rings is 1. The second kappa shape index (κ2) is 9.57. The molecule has 9 nitrogen and oxygen atoms in total. The molecule has 0 radical (unpaired) electrons. The Morgan fingerprint density at radius 2 is 1.62 bits per heavy atom. The van der Waals surface area contributed by atoms with Crippen molar-refractivity contribution in [2.75, 3.05) is 13.2 Å². The highest BCUT2D eigenvalue weighted by atomic mass is 32.2. The van der Waals surface area contributed by atoms with Gasteiger partial charge in [0.1, 0.15) is 0 Å². The number of nitro benzene ring substituents is 1. The van der Waals surface area contributed by atoms with Gasteiger partial charge in [-0.25, -0.2) is 0 Å². The summed E-state index contributed by atoms with van der Waals surface area (Å²) >= 11 is 0. The Morgan fingerprint density at radius 1 is 1.12 bits per heavy atom. The zero-order chi connectivity index (χ0) is 20.0. The fraction of sp³-hybridized carbons (Fsp3) is 0.600. The number of rotatable bonds is 11. The maximum atomic E-state index is 13.0. The lowest BCUT2D eigenvalue weighted by Gasteiger charge is -2.27. The average molecular weight is 409 g/mol. The van der Waals surface area contributed by atoms with Crippen LogP contribution in [0, 0.1) is 16.0 Å². The van der Waals surface area contributed by atoms with Gasteiger partial charge < -0.3 is 9.05 Å². The van der Waals surface area contributed by atoms with Gasteiger partial charge in [0.15, 0.2) is 5.85 Å². The van der Waals surface area contributed by atoms with Gasteiger partial charge in [0.2, 0.25) is 0 Å². The summed E-state index contributed by atoms with van der Waals surface area (Å²) in [5, 5.41) is 10.7. The average Bonchev–Trinajstić information content (AvgIpc) is 2.54. The molecule has 0 fully saturated rings. The lowest BCUT2D eigenvalue weighted by Crippen LogP contribution is -2.23. The Bertz CT molecular complexity index is 737. The minimum absolute atomic E-state index is 0.0405. The summed E-state index contributed by atoms with van der Waals surface area (Å²) < 4.78 is 53.7. The third kappa shape index (κ3) is 6.14. The van der Waals surface area contributed by atoms with E-state index in [4.69, 9.17) is 13.2 Å². The van der Waals surface area contributed by atoms with Gasteiger partial charge in [0, 0.05) is 12.1 Å². The normalized spacial score (nSPS) is 13.7. The van der Waals surface area contributed by atoms with E-state index in [0.717, 1.165) is 24.3 Å². The van der Waals surface area contributed by atoms with Gasteiger partial charge in [0.25, 0.3) is 15.8 Å². The molecule has 0 saturated carbocycles. The molecule has 26 heavy (non-hydrogen) atoms. The van der Waals surface area contributed by atoms with Crippen molar-refractivity contribution in [3.8, 4) is 0 Å². The van der Waals surface area contributed by atoms with Crippen LogP contribution in [0.3, 0.4) is 0 Å². The highest BCUT2D eigenvalue weighted by molar-refractivity contribution is 7.87. The fourth-order valence-corrected chi connectivity index (χ4v) is 5.64. The molecule has 0 aliphatic heterocycles. The molecule has 11 heteroatoms. The molecule has 1 aromatic carbocycles. The highest BCUT2D eigenvalue weighted by Gasteiger charge is 2.40. The molecule has 148 valence electrons. The van der Waals surface area contributed by atoms with E-state index in [1.165, 1.54) is 0 Å². The number of hydrogen-bond acceptors (Lipinski definition) is 8. The predicted octanol–water partition coefficient (Wildman–Crippen LogP) is 3.94. The second-order valence-corrected chi connectivity index (χ2v) is 9.51. The van der Waals surface area contributed by atoms with Crippen LogP contribution < -0.4 is 0 Å². The minimum Gasteiger partial charge on any atom is -0.307 e. The Kier molecular flexibility index (Phi) is 8.36. The monoisotopic (exact) mass is 409 g/mol. The molecule has 0 heterocycles. The van der Waals surface area contributed by atoms with E-state index < -0.39 is 28.5 Å². The Balaban J connectivity index is 3.19. The molecule has 0 spiro atoms. The van der Waals surface area contributed by atoms with E-state index >= 15 is 0 Å². The highest BCUT2D eigenvalue weighted by Crippen LogP contribution is 2.56. The quantitative estimate of drug-likeness (QED) is 0.233. The first-order valence-electron chi connectivity index (χ1n) is 8.12. The largest absolute Gasteiger partial charge is 0.360 e. The summed E-state index contributed by atoms with van der Waals surface area (Å²) in [4.78, 5) is 9.77. The summed E-state index contributed by atoms with van der Waals surface area (Å²) in [7, 11) is -8.16. The first-order valence-corrected chi connectivity index (χ1v) is 11.1. The van der Waals surface area contributed by atoms with E-state index in [1.807, 2.05) is 13.8 Å². The summed E-state index contributed by atoms with van der Waals surface area (Å²) in [5.74, 6) is -1.36. The molecule has 0 aromatic heterocycles. The van der Waals surface area contributed by atoms with Gasteiger partial charge >= 0.3 is 7.60 Å². The van der Waals surface area contributed by atoms with Crippen molar-refractivity contribution in [1.82, 2.24) is 0 Å². The summed E-state index contributed by atoms with van der Waals surface area (Å²) in [6.07, 6.45) is 0.128. The molecule has 1 rings (SSSR count). The van der Waals surface area contributed by atoms with Crippen LogP contribution in [0.1, 0.15) is 34.1 Å². The van der Waals surface area contributed by atoms with Gasteiger partial charge in [-0.1, -0.05) is 13.8 Å². The van der Waals surface area contributed by atoms with E-state index in [9.17, 15) is 23.1 Å². The number of non-ortho nitro benzene ring substituents is 1. The van der Waals surface area contributed by atoms with Gasteiger partial charge in [-0.15, -0.1) is 0 Å². The van der Waals surface area contributed by atoms with Crippen molar-refractivity contribution in [3.63, 3.8) is 0 Å². The number of nitrogens with zero attached hydrogens (tertiary/aromatic N) is 1. The smallest absolute Gasteiger partial charge is 0.307 e. The van der Waals surface area contributed by atoms with Crippen LogP contribution in [0.2, 0.25) is 0 Å². The van der Waals surface area contributed by atoms with Crippen LogP contribution in [0.5, 0.6) is 0 Å². The lowest BCUT2D eigenvalue weighted by atomic mass is 10.1. The van der Waals surface area contributed by atoms with Gasteiger partial charge in [-0.05, 0) is 38.3 Å². The molecule has 0 saturated heterocycles. The number of hydrogen-bond donors (Lipinski definition) is 0. The van der Waals surface area contributed by atoms with Gasteiger partial charge in [-0.3, -0.25) is 18.9 Å². The molecule has 0 aliphatic rings. The Labute approximate surface area is 153 Å². The summed E-state index contributed by atoms with van der Waals surface area (Å²) in [5.41, 5.74) is -0.253. The fourth-order valence-electron chi connectivity index (χ4n) is 2.12. The van der Waals surface area contributed by atoms with E-state index in [0.29, 0.717) is 0 Å². The predicted molar refractivity (Wildman–Crippen MR) is 95.5 cm³/mol. The zero-order valence-electron chi connectivity index (χ0n) is 15.2. The van der Waals surface area contributed by atoms with Crippen molar-refractivity contribution in [3.05, 3.63) is 34.4 Å². The second-order valence-electron chi connectivity index (χ2n) is 5.76. The maximum absolute atomic E-state index is 13.0. The SMILES string of the molecule is CCOP(=O)(OCC)C(CC(C)C)OS(=O)(=O)c1ccc([N+](=O)[O-])cc1. The van der Waals surface area contributed by atoms with Gasteiger partial charge in [-0.2, -0.15) is 8.42 Å². The summed E-state index contributed by atoms with van der Waals surface area (Å²) in [6, 6.07) is 4.23. The van der Waals surface area contributed by atoms with Crippen LogP contribution in [-0.4, -0.2) is 32.4 Å². The molecule has 0 aliphatic carbocycles. The van der Waals surface area contributed by atoms with Gasteiger partial charge in [0.05, 0.1) is 23.0 Å². The third-order valence-electron chi connectivity index (χ3n) is 3.22. The van der Waals surface area contributed by atoms with Crippen LogP contribution in [0.15, 0.2) is 29.2 Å². The van der Waals surface area contributed by atoms with Crippen molar-refractivity contribution < 1.29 is 31.1 Å². The Hall–Kier alpha value is -1.32. The molecule has 0 bridgehead atoms. The van der Waals surface area contributed by atoms with Crippen LogP contribution in [-0.2, 0) is 27.9 Å². The first kappa shape index (κ1) is 22.7. The zero-order valence-corrected chi connectivity index (χ0v) is 16.9. The van der Waals surface area contributed by atoms with E-state index in [1.54, 1.807) is 13.8 Å². The standard InChI is InChI=1S/C15H24NO8PS/c1-5-22-25(19,23-6-2)15(11-12(3)4)24-26(20,21)14-9-7-13(8-10-14)16(17)18/h7-10,12,15H,5-6,11H2,1-4H3. The molecular weight excluding hydrogens is 385 g/mol. The molecule has 0 amide bonds. The van der Waals surface area contributed by atoms with Crippen LogP contribution in [0.25, 0.3) is 0 Å². The van der Waals surface area contributed by atoms with Crippen LogP contribution in [0.4, 0.5) is 5.69 Å². The minimum atomic E-state index is -4.32.